The molecule has 0 radical (unpaired) electrons. The largest absolute Gasteiger partial charge is 0.465 e. The Hall–Kier alpha value is -0.320. The first kappa shape index (κ1) is 11.8. The van der Waals surface area contributed by atoms with Crippen LogP contribution in [0.3, 0.4) is 0 Å². The van der Waals surface area contributed by atoms with Gasteiger partial charge in [-0.1, -0.05) is 13.8 Å². The molecule has 0 bridgehead atoms. The second-order valence-electron chi connectivity index (χ2n) is 3.91. The van der Waals surface area contributed by atoms with E-state index in [2.05, 4.69) is 21.2 Å². The second-order valence-corrected chi connectivity index (χ2v) is 4.76. The van der Waals surface area contributed by atoms with E-state index in [-0.39, 0.29) is 0 Å². The van der Waals surface area contributed by atoms with Crippen LogP contribution >= 0.6 is 15.9 Å². The van der Waals surface area contributed by atoms with Gasteiger partial charge >= 0.3 is 0 Å². The first-order valence-electron chi connectivity index (χ1n) is 4.62. The summed E-state index contributed by atoms with van der Waals surface area (Å²) in [7, 11) is 0. The highest BCUT2D eigenvalue weighted by Crippen LogP contribution is 2.28. The highest BCUT2D eigenvalue weighted by molar-refractivity contribution is 9.10. The summed E-state index contributed by atoms with van der Waals surface area (Å²) in [6.07, 6.45) is 1.56. The summed E-state index contributed by atoms with van der Waals surface area (Å²) >= 11 is 3.33. The summed E-state index contributed by atoms with van der Waals surface area (Å²) in [6, 6.07) is 2.12. The van der Waals surface area contributed by atoms with Crippen molar-refractivity contribution in [2.45, 2.75) is 32.4 Å². The molecule has 0 aliphatic rings. The molecule has 0 saturated heterocycles. The van der Waals surface area contributed by atoms with Gasteiger partial charge in [-0.05, 0) is 28.9 Å². The second kappa shape index (κ2) is 4.47. The van der Waals surface area contributed by atoms with Gasteiger partial charge in [-0.2, -0.15) is 0 Å². The SMILES string of the molecule is CC(C)NCC(C)(O)c1occc1Br. The van der Waals surface area contributed by atoms with E-state index >= 15 is 0 Å². The van der Waals surface area contributed by atoms with Crippen LogP contribution in [0.15, 0.2) is 21.2 Å². The molecule has 1 aromatic rings. The highest BCUT2D eigenvalue weighted by Gasteiger charge is 2.28. The van der Waals surface area contributed by atoms with Crippen molar-refractivity contribution in [3.63, 3.8) is 0 Å². The van der Waals surface area contributed by atoms with Gasteiger partial charge in [-0.15, -0.1) is 0 Å². The third-order valence-corrected chi connectivity index (χ3v) is 2.59. The van der Waals surface area contributed by atoms with Gasteiger partial charge in [0, 0.05) is 12.6 Å². The molecule has 2 N–H and O–H groups in total. The van der Waals surface area contributed by atoms with E-state index in [1.165, 1.54) is 0 Å². The minimum absolute atomic E-state index is 0.343. The maximum Gasteiger partial charge on any atom is 0.150 e. The molecular formula is C10H16BrNO2. The molecule has 1 unspecified atom stereocenters. The van der Waals surface area contributed by atoms with Gasteiger partial charge in [0.05, 0.1) is 10.7 Å². The van der Waals surface area contributed by atoms with Gasteiger partial charge in [0.15, 0.2) is 0 Å². The number of hydrogen-bond acceptors (Lipinski definition) is 3. The van der Waals surface area contributed by atoms with Gasteiger partial charge in [0.1, 0.15) is 11.4 Å². The monoisotopic (exact) mass is 261 g/mol. The lowest BCUT2D eigenvalue weighted by Gasteiger charge is -2.23. The Morgan fingerprint density at radius 1 is 1.64 bits per heavy atom. The Labute approximate surface area is 92.6 Å². The van der Waals surface area contributed by atoms with Crippen molar-refractivity contribution in [1.29, 1.82) is 0 Å². The number of hydrogen-bond donors (Lipinski definition) is 2. The lowest BCUT2D eigenvalue weighted by atomic mass is 10.0. The Morgan fingerprint density at radius 2 is 2.29 bits per heavy atom. The molecule has 1 atom stereocenters. The smallest absolute Gasteiger partial charge is 0.150 e. The molecule has 0 aliphatic heterocycles. The van der Waals surface area contributed by atoms with E-state index in [4.69, 9.17) is 4.42 Å². The van der Waals surface area contributed by atoms with Crippen LogP contribution in [-0.4, -0.2) is 17.7 Å². The Morgan fingerprint density at radius 3 is 2.71 bits per heavy atom. The Balaban J connectivity index is 2.70. The maximum absolute atomic E-state index is 10.1. The van der Waals surface area contributed by atoms with E-state index in [1.807, 2.05) is 13.8 Å². The van der Waals surface area contributed by atoms with Crippen LogP contribution in [-0.2, 0) is 5.60 Å². The van der Waals surface area contributed by atoms with Gasteiger partial charge in [-0.3, -0.25) is 0 Å². The van der Waals surface area contributed by atoms with E-state index in [0.29, 0.717) is 18.3 Å². The quantitative estimate of drug-likeness (QED) is 0.874. The standard InChI is InChI=1S/C10H16BrNO2/c1-7(2)12-6-10(3,13)9-8(11)4-5-14-9/h4-5,7,12-13H,6H2,1-3H3. The molecule has 1 heterocycles. The third-order valence-electron chi connectivity index (χ3n) is 1.96. The van der Waals surface area contributed by atoms with Crippen LogP contribution < -0.4 is 5.32 Å². The van der Waals surface area contributed by atoms with E-state index < -0.39 is 5.60 Å². The molecule has 0 spiro atoms. The van der Waals surface area contributed by atoms with Crippen molar-refractivity contribution in [2.24, 2.45) is 0 Å². The van der Waals surface area contributed by atoms with Crippen molar-refractivity contribution < 1.29 is 9.52 Å². The fourth-order valence-electron chi connectivity index (χ4n) is 1.16. The zero-order valence-corrected chi connectivity index (χ0v) is 10.3. The normalized spacial score (nSPS) is 15.9. The molecule has 4 heteroatoms. The van der Waals surface area contributed by atoms with Crippen LogP contribution in [0.2, 0.25) is 0 Å². The molecule has 0 amide bonds. The average molecular weight is 262 g/mol. The zero-order chi connectivity index (χ0) is 10.8. The van der Waals surface area contributed by atoms with Gasteiger partial charge in [0.25, 0.3) is 0 Å². The van der Waals surface area contributed by atoms with Crippen molar-refractivity contribution in [3.8, 4) is 0 Å². The highest BCUT2D eigenvalue weighted by atomic mass is 79.9. The molecule has 0 aromatic carbocycles. The summed E-state index contributed by atoms with van der Waals surface area (Å²) in [5, 5.41) is 13.3. The van der Waals surface area contributed by atoms with E-state index in [0.717, 1.165) is 4.47 Å². The molecule has 14 heavy (non-hydrogen) atoms. The maximum atomic E-state index is 10.1. The fraction of sp³-hybridized carbons (Fsp3) is 0.600. The summed E-state index contributed by atoms with van der Waals surface area (Å²) in [5.41, 5.74) is -0.980. The van der Waals surface area contributed by atoms with Crippen LogP contribution in [0.25, 0.3) is 0 Å². The van der Waals surface area contributed by atoms with Crippen molar-refractivity contribution in [3.05, 3.63) is 22.6 Å². The summed E-state index contributed by atoms with van der Waals surface area (Å²) in [6.45, 7) is 6.27. The number of furan rings is 1. The van der Waals surface area contributed by atoms with Crippen molar-refractivity contribution in [1.82, 2.24) is 5.32 Å². The zero-order valence-electron chi connectivity index (χ0n) is 8.67. The number of nitrogens with one attached hydrogen (secondary N) is 1. The average Bonchev–Trinajstić information content (AvgIpc) is 2.48. The van der Waals surface area contributed by atoms with Crippen LogP contribution in [0.5, 0.6) is 0 Å². The summed E-state index contributed by atoms with van der Waals surface area (Å²) < 4.78 is 6.02. The molecule has 1 rings (SSSR count). The van der Waals surface area contributed by atoms with Gasteiger partial charge in [-0.25, -0.2) is 0 Å². The molecule has 3 nitrogen and oxygen atoms in total. The summed E-state index contributed by atoms with van der Waals surface area (Å²) in [4.78, 5) is 0. The topological polar surface area (TPSA) is 45.4 Å². The fourth-order valence-corrected chi connectivity index (χ4v) is 1.79. The van der Waals surface area contributed by atoms with Crippen LogP contribution in [0, 0.1) is 0 Å². The number of aliphatic hydroxyl groups is 1. The molecule has 0 aliphatic carbocycles. The van der Waals surface area contributed by atoms with Gasteiger partial charge in [0.2, 0.25) is 0 Å². The lowest BCUT2D eigenvalue weighted by Crippen LogP contribution is -2.38. The van der Waals surface area contributed by atoms with Crippen molar-refractivity contribution >= 4 is 15.9 Å². The lowest BCUT2D eigenvalue weighted by molar-refractivity contribution is 0.0317. The molecule has 0 saturated carbocycles. The van der Waals surface area contributed by atoms with Crippen LogP contribution in [0.1, 0.15) is 26.5 Å². The molecule has 0 fully saturated rings. The first-order valence-corrected chi connectivity index (χ1v) is 5.42. The Kier molecular flexibility index (Phi) is 3.75. The van der Waals surface area contributed by atoms with E-state index in [9.17, 15) is 5.11 Å². The molecular weight excluding hydrogens is 246 g/mol. The van der Waals surface area contributed by atoms with Crippen molar-refractivity contribution in [2.75, 3.05) is 6.54 Å². The predicted molar refractivity (Wildman–Crippen MR) is 59.1 cm³/mol. The first-order chi connectivity index (χ1) is 6.43. The molecule has 1 aromatic heterocycles. The van der Waals surface area contributed by atoms with Gasteiger partial charge < -0.3 is 14.8 Å². The minimum atomic E-state index is -0.980. The number of rotatable bonds is 4. The minimum Gasteiger partial charge on any atom is -0.465 e. The van der Waals surface area contributed by atoms with E-state index in [1.54, 1.807) is 19.3 Å². The summed E-state index contributed by atoms with van der Waals surface area (Å²) in [5.74, 6) is 0.561. The predicted octanol–water partition coefficient (Wildman–Crippen LogP) is 2.25. The molecule has 80 valence electrons. The van der Waals surface area contributed by atoms with Crippen LogP contribution in [0.4, 0.5) is 0 Å². The Bertz CT molecular complexity index is 294. The third kappa shape index (κ3) is 2.83. The number of halogens is 1.